The van der Waals surface area contributed by atoms with Crippen LogP contribution in [-0.4, -0.2) is 32.2 Å². The molecule has 0 rings (SSSR count). The molecule has 0 aromatic heterocycles. The molecule has 3 N–H and O–H groups in total. The molecular weight excluding hydrogens is 204 g/mol. The number of hydrogen-bond acceptors (Lipinski definition) is 3. The predicted molar refractivity (Wildman–Crippen MR) is 66.1 cm³/mol. The van der Waals surface area contributed by atoms with Crippen LogP contribution < -0.4 is 11.1 Å². The summed E-state index contributed by atoms with van der Waals surface area (Å²) in [7, 11) is 1.64. The van der Waals surface area contributed by atoms with Crippen molar-refractivity contribution in [1.29, 1.82) is 0 Å². The number of nitrogens with one attached hydrogen (secondary N) is 1. The summed E-state index contributed by atoms with van der Waals surface area (Å²) in [6, 6.07) is 0. The van der Waals surface area contributed by atoms with Crippen LogP contribution in [-0.2, 0) is 9.53 Å². The lowest BCUT2D eigenvalue weighted by Gasteiger charge is -2.17. The molecule has 1 amide bonds. The largest absolute Gasteiger partial charge is 0.380 e. The van der Waals surface area contributed by atoms with Gasteiger partial charge in [-0.05, 0) is 31.7 Å². The van der Waals surface area contributed by atoms with Gasteiger partial charge in [0.15, 0.2) is 0 Å². The van der Waals surface area contributed by atoms with Crippen LogP contribution in [0.1, 0.15) is 33.6 Å². The highest BCUT2D eigenvalue weighted by Crippen LogP contribution is 2.13. The molecule has 0 aliphatic rings. The van der Waals surface area contributed by atoms with Crippen LogP contribution in [0.4, 0.5) is 0 Å². The lowest BCUT2D eigenvalue weighted by molar-refractivity contribution is -0.122. The van der Waals surface area contributed by atoms with Crippen molar-refractivity contribution in [2.75, 3.05) is 20.2 Å². The van der Waals surface area contributed by atoms with Crippen molar-refractivity contribution in [2.45, 2.75) is 39.7 Å². The van der Waals surface area contributed by atoms with E-state index in [9.17, 15) is 4.79 Å². The van der Waals surface area contributed by atoms with Crippen LogP contribution in [0.5, 0.6) is 0 Å². The van der Waals surface area contributed by atoms with Crippen molar-refractivity contribution in [3.63, 3.8) is 0 Å². The van der Waals surface area contributed by atoms with Crippen molar-refractivity contribution in [2.24, 2.45) is 17.6 Å². The summed E-state index contributed by atoms with van der Waals surface area (Å²) < 4.78 is 5.06. The summed E-state index contributed by atoms with van der Waals surface area (Å²) in [4.78, 5) is 11.6. The van der Waals surface area contributed by atoms with Gasteiger partial charge in [0.05, 0.1) is 6.10 Å². The molecule has 0 aliphatic heterocycles. The fraction of sp³-hybridized carbons (Fsp3) is 0.917. The number of methoxy groups -OCH3 is 1. The summed E-state index contributed by atoms with van der Waals surface area (Å²) in [5, 5.41) is 2.85. The van der Waals surface area contributed by atoms with E-state index in [1.165, 1.54) is 0 Å². The smallest absolute Gasteiger partial charge is 0.220 e. The molecule has 1 unspecified atom stereocenters. The second-order valence-electron chi connectivity index (χ2n) is 4.79. The Balaban J connectivity index is 3.82. The molecule has 0 aliphatic carbocycles. The van der Waals surface area contributed by atoms with Gasteiger partial charge in [0.2, 0.25) is 5.91 Å². The first-order chi connectivity index (χ1) is 7.49. The van der Waals surface area contributed by atoms with Gasteiger partial charge in [0, 0.05) is 20.1 Å². The molecule has 2 atom stereocenters. The van der Waals surface area contributed by atoms with Crippen LogP contribution in [0.3, 0.4) is 0 Å². The van der Waals surface area contributed by atoms with Crippen LogP contribution >= 0.6 is 0 Å². The summed E-state index contributed by atoms with van der Waals surface area (Å²) in [5.41, 5.74) is 5.65. The minimum atomic E-state index is 0.0605. The first-order valence-corrected chi connectivity index (χ1v) is 5.99. The Labute approximate surface area is 98.9 Å². The van der Waals surface area contributed by atoms with Gasteiger partial charge < -0.3 is 15.8 Å². The van der Waals surface area contributed by atoms with E-state index in [1.54, 1.807) is 7.11 Å². The third-order valence-electron chi connectivity index (χ3n) is 2.60. The maximum absolute atomic E-state index is 11.6. The topological polar surface area (TPSA) is 64.3 Å². The van der Waals surface area contributed by atoms with Crippen molar-refractivity contribution in [3.05, 3.63) is 0 Å². The Morgan fingerprint density at radius 3 is 2.44 bits per heavy atom. The van der Waals surface area contributed by atoms with E-state index in [-0.39, 0.29) is 17.9 Å². The Morgan fingerprint density at radius 1 is 1.38 bits per heavy atom. The fourth-order valence-electron chi connectivity index (χ4n) is 1.60. The van der Waals surface area contributed by atoms with Crippen molar-refractivity contribution < 1.29 is 9.53 Å². The summed E-state index contributed by atoms with van der Waals surface area (Å²) in [6.45, 7) is 7.36. The Bertz CT molecular complexity index is 195. The normalized spacial score (nSPS) is 14.9. The van der Waals surface area contributed by atoms with Crippen LogP contribution in [0, 0.1) is 11.8 Å². The van der Waals surface area contributed by atoms with Gasteiger partial charge in [0.25, 0.3) is 0 Å². The van der Waals surface area contributed by atoms with Gasteiger partial charge >= 0.3 is 0 Å². The Morgan fingerprint density at radius 2 is 2.00 bits per heavy atom. The molecule has 4 heteroatoms. The van der Waals surface area contributed by atoms with E-state index in [0.29, 0.717) is 25.4 Å². The number of nitrogens with two attached hydrogens (primary N) is 1. The monoisotopic (exact) mass is 230 g/mol. The number of ether oxygens (including phenoxy) is 1. The standard InChI is InChI=1S/C12H26N2O2/c1-9(2)5-11(7-13)6-12(15)14-8-10(3)16-4/h9-11H,5-8,13H2,1-4H3,(H,14,15)/t10?,11-/m0/s1. The number of carbonyl (C=O) groups is 1. The van der Waals surface area contributed by atoms with Gasteiger partial charge in [-0.2, -0.15) is 0 Å². The molecular formula is C12H26N2O2. The SMILES string of the molecule is COC(C)CNC(=O)C[C@@H](CN)CC(C)C. The molecule has 4 nitrogen and oxygen atoms in total. The fourth-order valence-corrected chi connectivity index (χ4v) is 1.60. The first kappa shape index (κ1) is 15.4. The zero-order valence-corrected chi connectivity index (χ0v) is 11.0. The first-order valence-electron chi connectivity index (χ1n) is 5.99. The van der Waals surface area contributed by atoms with E-state index in [0.717, 1.165) is 6.42 Å². The van der Waals surface area contributed by atoms with Gasteiger partial charge in [-0.1, -0.05) is 13.8 Å². The molecule has 0 heterocycles. The highest BCUT2D eigenvalue weighted by atomic mass is 16.5. The van der Waals surface area contributed by atoms with E-state index in [2.05, 4.69) is 19.2 Å². The quantitative estimate of drug-likeness (QED) is 0.657. The second-order valence-corrected chi connectivity index (χ2v) is 4.79. The molecule has 0 aromatic rings. The van der Waals surface area contributed by atoms with E-state index >= 15 is 0 Å². The third kappa shape index (κ3) is 7.65. The van der Waals surface area contributed by atoms with E-state index in [4.69, 9.17) is 10.5 Å². The minimum Gasteiger partial charge on any atom is -0.380 e. The molecule has 0 radical (unpaired) electrons. The minimum absolute atomic E-state index is 0.0605. The van der Waals surface area contributed by atoms with Gasteiger partial charge in [-0.25, -0.2) is 0 Å². The van der Waals surface area contributed by atoms with E-state index < -0.39 is 0 Å². The zero-order chi connectivity index (χ0) is 12.6. The average molecular weight is 230 g/mol. The lowest BCUT2D eigenvalue weighted by atomic mass is 9.94. The molecule has 0 spiro atoms. The maximum atomic E-state index is 11.6. The Kier molecular flexibility index (Phi) is 8.21. The molecule has 0 saturated heterocycles. The maximum Gasteiger partial charge on any atom is 0.220 e. The molecule has 0 bridgehead atoms. The van der Waals surface area contributed by atoms with Crippen LogP contribution in [0.25, 0.3) is 0 Å². The van der Waals surface area contributed by atoms with Gasteiger partial charge in [0.1, 0.15) is 0 Å². The Hall–Kier alpha value is -0.610. The molecule has 0 fully saturated rings. The number of amides is 1. The molecule has 0 saturated carbocycles. The van der Waals surface area contributed by atoms with E-state index in [1.807, 2.05) is 6.92 Å². The third-order valence-corrected chi connectivity index (χ3v) is 2.60. The second kappa shape index (κ2) is 8.53. The highest BCUT2D eigenvalue weighted by Gasteiger charge is 2.14. The van der Waals surface area contributed by atoms with Crippen LogP contribution in [0.15, 0.2) is 0 Å². The molecule has 0 aromatic carbocycles. The lowest BCUT2D eigenvalue weighted by Crippen LogP contribution is -2.34. The van der Waals surface area contributed by atoms with Gasteiger partial charge in [-0.15, -0.1) is 0 Å². The average Bonchev–Trinajstić information content (AvgIpc) is 2.24. The number of hydrogen-bond donors (Lipinski definition) is 2. The van der Waals surface area contributed by atoms with Crippen molar-refractivity contribution >= 4 is 5.91 Å². The highest BCUT2D eigenvalue weighted by molar-refractivity contribution is 5.76. The van der Waals surface area contributed by atoms with Crippen LogP contribution in [0.2, 0.25) is 0 Å². The zero-order valence-electron chi connectivity index (χ0n) is 11.0. The predicted octanol–water partition coefficient (Wildman–Crippen LogP) is 1.15. The summed E-state index contributed by atoms with van der Waals surface area (Å²) >= 11 is 0. The molecule has 96 valence electrons. The number of rotatable bonds is 8. The summed E-state index contributed by atoms with van der Waals surface area (Å²) in [6.07, 6.45) is 1.58. The van der Waals surface area contributed by atoms with Crippen molar-refractivity contribution in [3.8, 4) is 0 Å². The number of carbonyl (C=O) groups excluding carboxylic acids is 1. The van der Waals surface area contributed by atoms with Gasteiger partial charge in [-0.3, -0.25) is 4.79 Å². The summed E-state index contributed by atoms with van der Waals surface area (Å²) in [5.74, 6) is 0.942. The molecule has 16 heavy (non-hydrogen) atoms. The van der Waals surface area contributed by atoms with Crippen molar-refractivity contribution in [1.82, 2.24) is 5.32 Å².